The molecule has 0 fully saturated rings. The van der Waals surface area contributed by atoms with Crippen LogP contribution < -0.4 is 0 Å². The molecule has 3 nitrogen and oxygen atoms in total. The van der Waals surface area contributed by atoms with Crippen LogP contribution in [-0.2, 0) is 9.53 Å². The maximum atomic E-state index is 10.7. The minimum Gasteiger partial charge on any atom is -0.468 e. The summed E-state index contributed by atoms with van der Waals surface area (Å²) in [6.07, 6.45) is 1.84. The van der Waals surface area contributed by atoms with Gasteiger partial charge < -0.3 is 4.74 Å². The van der Waals surface area contributed by atoms with Crippen molar-refractivity contribution in [1.82, 2.24) is 0 Å². The molecule has 0 spiro atoms. The standard InChI is InChI=1S/C8H9NO2/c1-3-4-5-7(6-9)8(10)11-2/h4,7H,1,5H2,2H3. The van der Waals surface area contributed by atoms with Crippen molar-refractivity contribution in [3.63, 3.8) is 0 Å². The van der Waals surface area contributed by atoms with Crippen molar-refractivity contribution in [2.75, 3.05) is 7.11 Å². The van der Waals surface area contributed by atoms with Crippen LogP contribution in [0.1, 0.15) is 6.42 Å². The van der Waals surface area contributed by atoms with Gasteiger partial charge in [-0.3, -0.25) is 4.79 Å². The van der Waals surface area contributed by atoms with Crippen molar-refractivity contribution in [2.24, 2.45) is 5.92 Å². The lowest BCUT2D eigenvalue weighted by atomic mass is 10.1. The Morgan fingerprint density at radius 2 is 2.55 bits per heavy atom. The quantitative estimate of drug-likeness (QED) is 0.447. The van der Waals surface area contributed by atoms with Crippen LogP contribution >= 0.6 is 0 Å². The van der Waals surface area contributed by atoms with Gasteiger partial charge >= 0.3 is 5.97 Å². The Labute approximate surface area is 65.6 Å². The smallest absolute Gasteiger partial charge is 0.323 e. The monoisotopic (exact) mass is 151 g/mol. The van der Waals surface area contributed by atoms with E-state index in [1.807, 2.05) is 6.07 Å². The molecule has 0 saturated carbocycles. The van der Waals surface area contributed by atoms with E-state index in [-0.39, 0.29) is 0 Å². The minimum atomic E-state index is -0.728. The summed E-state index contributed by atoms with van der Waals surface area (Å²) in [5, 5.41) is 8.44. The van der Waals surface area contributed by atoms with Crippen molar-refractivity contribution in [1.29, 1.82) is 5.26 Å². The number of hydrogen-bond donors (Lipinski definition) is 0. The minimum absolute atomic E-state index is 0.312. The lowest BCUT2D eigenvalue weighted by molar-refractivity contribution is -0.143. The number of allylic oxidation sites excluding steroid dienone is 1. The Morgan fingerprint density at radius 1 is 1.91 bits per heavy atom. The van der Waals surface area contributed by atoms with Gasteiger partial charge in [-0.05, 0) is 12.5 Å². The number of methoxy groups -OCH3 is 1. The summed E-state index contributed by atoms with van der Waals surface area (Å²) in [6, 6.07) is 1.81. The van der Waals surface area contributed by atoms with E-state index in [9.17, 15) is 4.79 Å². The summed E-state index contributed by atoms with van der Waals surface area (Å²) in [5.74, 6) is -1.24. The molecule has 0 aliphatic heterocycles. The Kier molecular flexibility index (Phi) is 4.55. The summed E-state index contributed by atoms with van der Waals surface area (Å²) in [4.78, 5) is 10.7. The van der Waals surface area contributed by atoms with Crippen LogP contribution in [-0.4, -0.2) is 13.1 Å². The molecule has 1 atom stereocenters. The van der Waals surface area contributed by atoms with Crippen LogP contribution in [0.3, 0.4) is 0 Å². The van der Waals surface area contributed by atoms with Crippen molar-refractivity contribution in [3.8, 4) is 6.07 Å². The molecule has 1 unspecified atom stereocenters. The van der Waals surface area contributed by atoms with E-state index in [1.54, 1.807) is 0 Å². The first-order chi connectivity index (χ1) is 5.26. The van der Waals surface area contributed by atoms with Gasteiger partial charge in [0.05, 0.1) is 13.2 Å². The molecule has 0 aliphatic carbocycles. The van der Waals surface area contributed by atoms with E-state index in [1.165, 1.54) is 13.2 Å². The molecule has 0 heterocycles. The molecule has 0 rings (SSSR count). The fourth-order valence-corrected chi connectivity index (χ4v) is 0.545. The maximum absolute atomic E-state index is 10.7. The average molecular weight is 151 g/mol. The highest BCUT2D eigenvalue weighted by atomic mass is 16.5. The number of nitriles is 1. The second-order valence-electron chi connectivity index (χ2n) is 1.85. The predicted octanol–water partition coefficient (Wildman–Crippen LogP) is 1.03. The second kappa shape index (κ2) is 5.28. The van der Waals surface area contributed by atoms with Gasteiger partial charge in [-0.2, -0.15) is 5.26 Å². The lowest BCUT2D eigenvalue weighted by Crippen LogP contribution is -2.13. The molecular formula is C8H9NO2. The first kappa shape index (κ1) is 9.48. The summed E-state index contributed by atoms with van der Waals surface area (Å²) >= 11 is 0. The Morgan fingerprint density at radius 3 is 2.91 bits per heavy atom. The number of hydrogen-bond acceptors (Lipinski definition) is 3. The van der Waals surface area contributed by atoms with Gasteiger partial charge in [0.2, 0.25) is 0 Å². The Balaban J connectivity index is 4.08. The van der Waals surface area contributed by atoms with Gasteiger partial charge in [0.15, 0.2) is 0 Å². The van der Waals surface area contributed by atoms with Crippen LogP contribution in [0, 0.1) is 17.2 Å². The van der Waals surface area contributed by atoms with Gasteiger partial charge in [-0.15, -0.1) is 5.73 Å². The number of rotatable bonds is 3. The van der Waals surface area contributed by atoms with Gasteiger partial charge in [0.25, 0.3) is 0 Å². The molecule has 0 N–H and O–H groups in total. The van der Waals surface area contributed by atoms with Crippen molar-refractivity contribution < 1.29 is 9.53 Å². The maximum Gasteiger partial charge on any atom is 0.323 e. The fraction of sp³-hybridized carbons (Fsp3) is 0.375. The third-order valence-electron chi connectivity index (χ3n) is 1.14. The molecule has 0 bridgehead atoms. The third kappa shape index (κ3) is 3.24. The molecule has 0 aliphatic rings. The van der Waals surface area contributed by atoms with Crippen LogP contribution in [0.5, 0.6) is 0 Å². The molecule has 0 aromatic heterocycles. The molecule has 3 heteroatoms. The summed E-state index contributed by atoms with van der Waals surface area (Å²) in [7, 11) is 1.25. The molecule has 11 heavy (non-hydrogen) atoms. The van der Waals surface area contributed by atoms with E-state index >= 15 is 0 Å². The number of ether oxygens (including phenoxy) is 1. The van der Waals surface area contributed by atoms with Gasteiger partial charge in [-0.25, -0.2) is 0 Å². The Hall–Kier alpha value is -1.52. The average Bonchev–Trinajstić information content (AvgIpc) is 2.05. The Bertz CT molecular complexity index is 221. The first-order valence-electron chi connectivity index (χ1n) is 3.08. The van der Waals surface area contributed by atoms with Crippen LogP contribution in [0.2, 0.25) is 0 Å². The van der Waals surface area contributed by atoms with E-state index in [4.69, 9.17) is 5.26 Å². The van der Waals surface area contributed by atoms with Crippen molar-refractivity contribution >= 4 is 5.97 Å². The summed E-state index contributed by atoms with van der Waals surface area (Å²) < 4.78 is 4.37. The van der Waals surface area contributed by atoms with Crippen LogP contribution in [0.25, 0.3) is 0 Å². The van der Waals surface area contributed by atoms with Gasteiger partial charge in [0, 0.05) is 0 Å². The SMILES string of the molecule is C=C=CCC(C#N)C(=O)OC. The third-order valence-corrected chi connectivity index (χ3v) is 1.14. The first-order valence-corrected chi connectivity index (χ1v) is 3.08. The fourth-order valence-electron chi connectivity index (χ4n) is 0.545. The summed E-state index contributed by atoms with van der Waals surface area (Å²) in [5.41, 5.74) is 2.48. The zero-order valence-electron chi connectivity index (χ0n) is 6.33. The topological polar surface area (TPSA) is 50.1 Å². The molecule has 0 saturated heterocycles. The lowest BCUT2D eigenvalue weighted by Gasteiger charge is -2.00. The number of nitrogens with zero attached hydrogens (tertiary/aromatic N) is 1. The molecule has 58 valence electrons. The van der Waals surface area contributed by atoms with E-state index in [2.05, 4.69) is 17.0 Å². The summed E-state index contributed by atoms with van der Waals surface area (Å²) in [6.45, 7) is 3.31. The van der Waals surface area contributed by atoms with Gasteiger partial charge in [-0.1, -0.05) is 6.58 Å². The van der Waals surface area contributed by atoms with E-state index in [0.717, 1.165) is 0 Å². The molecular weight excluding hydrogens is 142 g/mol. The number of esters is 1. The van der Waals surface area contributed by atoms with Crippen LogP contribution in [0.4, 0.5) is 0 Å². The highest BCUT2D eigenvalue weighted by Gasteiger charge is 2.15. The number of carbonyl (C=O) groups is 1. The van der Waals surface area contributed by atoms with Crippen molar-refractivity contribution in [2.45, 2.75) is 6.42 Å². The highest BCUT2D eigenvalue weighted by Crippen LogP contribution is 2.03. The normalized spacial score (nSPS) is 10.5. The molecule has 0 radical (unpaired) electrons. The predicted molar refractivity (Wildman–Crippen MR) is 39.4 cm³/mol. The zero-order valence-corrected chi connectivity index (χ0v) is 6.33. The van der Waals surface area contributed by atoms with Gasteiger partial charge in [0.1, 0.15) is 5.92 Å². The van der Waals surface area contributed by atoms with Crippen molar-refractivity contribution in [3.05, 3.63) is 18.4 Å². The van der Waals surface area contributed by atoms with E-state index in [0.29, 0.717) is 6.42 Å². The van der Waals surface area contributed by atoms with Crippen LogP contribution in [0.15, 0.2) is 18.4 Å². The zero-order chi connectivity index (χ0) is 8.69. The second-order valence-corrected chi connectivity index (χ2v) is 1.85. The highest BCUT2D eigenvalue weighted by molar-refractivity contribution is 5.75. The largest absolute Gasteiger partial charge is 0.468 e. The molecule has 0 aromatic rings. The number of carbonyl (C=O) groups excluding carboxylic acids is 1. The van der Waals surface area contributed by atoms with E-state index < -0.39 is 11.9 Å². The molecule has 0 amide bonds. The molecule has 0 aromatic carbocycles.